The smallest absolute Gasteiger partial charge is 0.274 e. The second-order valence-corrected chi connectivity index (χ2v) is 6.98. The van der Waals surface area contributed by atoms with Crippen LogP contribution in [0.3, 0.4) is 0 Å². The molecule has 1 aliphatic rings. The molecule has 0 radical (unpaired) electrons. The Morgan fingerprint density at radius 3 is 2.64 bits per heavy atom. The molecule has 1 amide bonds. The number of rotatable bonds is 5. The average molecular weight is 369 g/mol. The van der Waals surface area contributed by atoms with Crippen LogP contribution in [0.25, 0.3) is 16.9 Å². The minimum absolute atomic E-state index is 0.176. The lowest BCUT2D eigenvalue weighted by atomic mass is 10.1. The number of H-pyrrole nitrogens is 1. The first-order valence-electron chi connectivity index (χ1n) is 9.34. The molecule has 0 spiro atoms. The van der Waals surface area contributed by atoms with Crippen molar-refractivity contribution >= 4 is 11.6 Å². The van der Waals surface area contributed by atoms with Crippen LogP contribution < -0.4 is 5.32 Å². The summed E-state index contributed by atoms with van der Waals surface area (Å²) in [7, 11) is 0. The molecular weight excluding hydrogens is 350 g/mol. The number of aromatic nitrogens is 4. The summed E-state index contributed by atoms with van der Waals surface area (Å²) in [4.78, 5) is 13.1. The molecule has 6 heteroatoms. The van der Waals surface area contributed by atoms with E-state index in [0.29, 0.717) is 11.6 Å². The number of aromatic amines is 1. The molecule has 0 atom stereocenters. The minimum atomic E-state index is -0.176. The van der Waals surface area contributed by atoms with E-state index < -0.39 is 0 Å². The third kappa shape index (κ3) is 3.20. The van der Waals surface area contributed by atoms with Gasteiger partial charge in [-0.05, 0) is 49.2 Å². The molecule has 0 unspecified atom stereocenters. The predicted molar refractivity (Wildman–Crippen MR) is 108 cm³/mol. The van der Waals surface area contributed by atoms with Crippen molar-refractivity contribution in [2.45, 2.75) is 18.8 Å². The van der Waals surface area contributed by atoms with E-state index in [9.17, 15) is 4.79 Å². The van der Waals surface area contributed by atoms with Gasteiger partial charge in [-0.2, -0.15) is 10.2 Å². The normalized spacial score (nSPS) is 13.4. The summed E-state index contributed by atoms with van der Waals surface area (Å²) in [6, 6.07) is 21.3. The van der Waals surface area contributed by atoms with Gasteiger partial charge in [-0.1, -0.05) is 30.3 Å². The van der Waals surface area contributed by atoms with E-state index in [4.69, 9.17) is 5.10 Å². The van der Waals surface area contributed by atoms with Crippen LogP contribution in [0.5, 0.6) is 0 Å². The van der Waals surface area contributed by atoms with Crippen LogP contribution >= 0.6 is 0 Å². The van der Waals surface area contributed by atoms with Gasteiger partial charge in [-0.15, -0.1) is 0 Å². The summed E-state index contributed by atoms with van der Waals surface area (Å²) in [5, 5.41) is 14.6. The number of carbonyl (C=O) groups is 1. The Kier molecular flexibility index (Phi) is 4.01. The topological polar surface area (TPSA) is 75.6 Å². The largest absolute Gasteiger partial charge is 0.321 e. The lowest BCUT2D eigenvalue weighted by Crippen LogP contribution is -2.17. The van der Waals surface area contributed by atoms with Crippen molar-refractivity contribution in [3.8, 4) is 16.9 Å². The molecule has 28 heavy (non-hydrogen) atoms. The van der Waals surface area contributed by atoms with Crippen LogP contribution in [0.2, 0.25) is 0 Å². The Hall–Kier alpha value is -3.67. The molecule has 2 aromatic heterocycles. The molecule has 2 heterocycles. The highest BCUT2D eigenvalue weighted by molar-refractivity contribution is 6.03. The second kappa shape index (κ2) is 6.81. The number of hydrogen-bond donors (Lipinski definition) is 2. The van der Waals surface area contributed by atoms with Gasteiger partial charge in [0.2, 0.25) is 0 Å². The first-order valence-corrected chi connectivity index (χ1v) is 9.34. The van der Waals surface area contributed by atoms with Gasteiger partial charge in [0.15, 0.2) is 0 Å². The van der Waals surface area contributed by atoms with Crippen molar-refractivity contribution in [3.05, 3.63) is 84.3 Å². The van der Waals surface area contributed by atoms with E-state index in [0.717, 1.165) is 41.2 Å². The van der Waals surface area contributed by atoms with E-state index in [1.54, 1.807) is 10.9 Å². The first-order chi connectivity index (χ1) is 13.8. The second-order valence-electron chi connectivity index (χ2n) is 6.98. The Morgan fingerprint density at radius 2 is 1.89 bits per heavy atom. The summed E-state index contributed by atoms with van der Waals surface area (Å²) < 4.78 is 1.74. The maximum absolute atomic E-state index is 13.1. The lowest BCUT2D eigenvalue weighted by molar-refractivity contribution is 0.101. The molecule has 2 aromatic carbocycles. The number of amides is 1. The van der Waals surface area contributed by atoms with Gasteiger partial charge in [0.25, 0.3) is 5.91 Å². The van der Waals surface area contributed by atoms with E-state index in [1.807, 2.05) is 66.7 Å². The van der Waals surface area contributed by atoms with Crippen LogP contribution in [-0.2, 0) is 0 Å². The number of para-hydroxylation sites is 1. The highest BCUT2D eigenvalue weighted by Gasteiger charge is 2.29. The molecule has 1 fully saturated rings. The van der Waals surface area contributed by atoms with Crippen molar-refractivity contribution in [3.63, 3.8) is 0 Å². The Labute approximate surface area is 162 Å². The molecule has 6 nitrogen and oxygen atoms in total. The molecule has 1 saturated carbocycles. The fourth-order valence-corrected chi connectivity index (χ4v) is 3.28. The Balaban J connectivity index is 1.46. The SMILES string of the molecule is O=C(Nc1cccc(-c2ccn[nH]2)c1)c1cc(C2CC2)nn1-c1ccccc1. The zero-order valence-electron chi connectivity index (χ0n) is 15.2. The highest BCUT2D eigenvalue weighted by atomic mass is 16.2. The van der Waals surface area contributed by atoms with Gasteiger partial charge in [-0.25, -0.2) is 4.68 Å². The predicted octanol–water partition coefficient (Wildman–Crippen LogP) is 4.39. The number of carbonyl (C=O) groups excluding carboxylic acids is 1. The van der Waals surface area contributed by atoms with E-state index in [1.165, 1.54) is 0 Å². The highest BCUT2D eigenvalue weighted by Crippen LogP contribution is 2.39. The Bertz CT molecular complexity index is 1110. The van der Waals surface area contributed by atoms with Crippen LogP contribution in [0.4, 0.5) is 5.69 Å². The van der Waals surface area contributed by atoms with Gasteiger partial charge in [0, 0.05) is 23.4 Å². The van der Waals surface area contributed by atoms with E-state index >= 15 is 0 Å². The van der Waals surface area contributed by atoms with Crippen molar-refractivity contribution in [1.82, 2.24) is 20.0 Å². The van der Waals surface area contributed by atoms with Crippen molar-refractivity contribution in [2.75, 3.05) is 5.32 Å². The minimum Gasteiger partial charge on any atom is -0.321 e. The number of anilines is 1. The summed E-state index contributed by atoms with van der Waals surface area (Å²) in [5.74, 6) is 0.297. The van der Waals surface area contributed by atoms with Crippen molar-refractivity contribution < 1.29 is 4.79 Å². The first kappa shape index (κ1) is 16.5. The molecule has 0 saturated heterocycles. The zero-order valence-corrected chi connectivity index (χ0v) is 15.2. The molecule has 4 aromatic rings. The molecule has 2 N–H and O–H groups in total. The number of benzene rings is 2. The van der Waals surface area contributed by atoms with Crippen LogP contribution in [0.15, 0.2) is 72.9 Å². The summed E-state index contributed by atoms with van der Waals surface area (Å²) in [6.07, 6.45) is 3.98. The summed E-state index contributed by atoms with van der Waals surface area (Å²) >= 11 is 0. The maximum Gasteiger partial charge on any atom is 0.274 e. The van der Waals surface area contributed by atoms with Gasteiger partial charge in [0.05, 0.1) is 17.1 Å². The fraction of sp³-hybridized carbons (Fsp3) is 0.136. The van der Waals surface area contributed by atoms with E-state index in [-0.39, 0.29) is 5.91 Å². The number of nitrogens with one attached hydrogen (secondary N) is 2. The standard InChI is InChI=1S/C22H19N5O/c28-22(24-17-6-4-5-16(13-17)19-11-12-23-25-19)21-14-20(15-9-10-15)26-27(21)18-7-2-1-3-8-18/h1-8,11-15H,9-10H2,(H,23,25)(H,24,28). The number of nitrogens with zero attached hydrogens (tertiary/aromatic N) is 3. The van der Waals surface area contributed by atoms with Gasteiger partial charge in [0.1, 0.15) is 5.69 Å². The van der Waals surface area contributed by atoms with Crippen LogP contribution in [0.1, 0.15) is 34.9 Å². The monoisotopic (exact) mass is 369 g/mol. The molecule has 138 valence electrons. The van der Waals surface area contributed by atoms with Gasteiger partial charge in [-0.3, -0.25) is 9.89 Å². The molecule has 5 rings (SSSR count). The quantitative estimate of drug-likeness (QED) is 0.548. The fourth-order valence-electron chi connectivity index (χ4n) is 3.28. The molecule has 0 aliphatic heterocycles. The average Bonchev–Trinajstić information content (AvgIpc) is 3.26. The van der Waals surface area contributed by atoms with Gasteiger partial charge < -0.3 is 5.32 Å². The third-order valence-electron chi connectivity index (χ3n) is 4.89. The summed E-state index contributed by atoms with van der Waals surface area (Å²) in [5.41, 5.74) is 5.00. The number of hydrogen-bond acceptors (Lipinski definition) is 3. The molecular formula is C22H19N5O. The third-order valence-corrected chi connectivity index (χ3v) is 4.89. The maximum atomic E-state index is 13.1. The van der Waals surface area contributed by atoms with Crippen LogP contribution in [0, 0.1) is 0 Å². The zero-order chi connectivity index (χ0) is 18.9. The van der Waals surface area contributed by atoms with Crippen molar-refractivity contribution in [2.24, 2.45) is 0 Å². The van der Waals surface area contributed by atoms with Gasteiger partial charge >= 0.3 is 0 Å². The Morgan fingerprint density at radius 1 is 1.04 bits per heavy atom. The van der Waals surface area contributed by atoms with Crippen LogP contribution in [-0.4, -0.2) is 25.9 Å². The summed E-state index contributed by atoms with van der Waals surface area (Å²) in [6.45, 7) is 0. The lowest BCUT2D eigenvalue weighted by Gasteiger charge is -2.09. The van der Waals surface area contributed by atoms with Crippen molar-refractivity contribution in [1.29, 1.82) is 0 Å². The molecule has 1 aliphatic carbocycles. The van der Waals surface area contributed by atoms with E-state index in [2.05, 4.69) is 15.5 Å². The molecule has 0 bridgehead atoms.